The van der Waals surface area contributed by atoms with Crippen LogP contribution in [0.2, 0.25) is 0 Å². The van der Waals surface area contributed by atoms with E-state index in [-0.39, 0.29) is 17.7 Å². The summed E-state index contributed by atoms with van der Waals surface area (Å²) < 4.78 is 0. The van der Waals surface area contributed by atoms with Gasteiger partial charge in [0.25, 0.3) is 0 Å². The Morgan fingerprint density at radius 3 is 2.36 bits per heavy atom. The zero-order valence-electron chi connectivity index (χ0n) is 8.80. The van der Waals surface area contributed by atoms with E-state index in [0.29, 0.717) is 13.1 Å². The van der Waals surface area contributed by atoms with Gasteiger partial charge in [-0.3, -0.25) is 9.59 Å². The highest BCUT2D eigenvalue weighted by molar-refractivity contribution is 5.86. The monoisotopic (exact) mass is 198 g/mol. The van der Waals surface area contributed by atoms with Gasteiger partial charge >= 0.3 is 0 Å². The van der Waals surface area contributed by atoms with E-state index in [0.717, 1.165) is 6.42 Å². The van der Waals surface area contributed by atoms with Gasteiger partial charge in [0.05, 0.1) is 0 Å². The van der Waals surface area contributed by atoms with E-state index in [1.54, 1.807) is 0 Å². The van der Waals surface area contributed by atoms with E-state index in [1.165, 1.54) is 6.08 Å². The fraction of sp³-hybridized carbons (Fsp3) is 0.600. The average molecular weight is 198 g/mol. The predicted octanol–water partition coefficient (Wildman–Crippen LogP) is 0.451. The van der Waals surface area contributed by atoms with Crippen molar-refractivity contribution in [2.24, 2.45) is 5.92 Å². The second-order valence-electron chi connectivity index (χ2n) is 3.29. The third kappa shape index (κ3) is 6.22. The standard InChI is InChI=1S/C10H18N2O2/c1-4-9(13)11-6-5-7-12-10(14)8(2)3/h4,8H,1,5-7H2,2-3H3,(H,11,13)(H,12,14). The lowest BCUT2D eigenvalue weighted by Crippen LogP contribution is -2.31. The van der Waals surface area contributed by atoms with Gasteiger partial charge < -0.3 is 10.6 Å². The smallest absolute Gasteiger partial charge is 0.243 e. The Balaban J connectivity index is 3.34. The van der Waals surface area contributed by atoms with Gasteiger partial charge in [0.2, 0.25) is 11.8 Å². The van der Waals surface area contributed by atoms with Gasteiger partial charge in [-0.1, -0.05) is 20.4 Å². The molecule has 0 bridgehead atoms. The summed E-state index contributed by atoms with van der Waals surface area (Å²) in [4.78, 5) is 21.8. The van der Waals surface area contributed by atoms with Crippen LogP contribution in [0.4, 0.5) is 0 Å². The highest BCUT2D eigenvalue weighted by atomic mass is 16.2. The van der Waals surface area contributed by atoms with Crippen molar-refractivity contribution >= 4 is 11.8 Å². The van der Waals surface area contributed by atoms with Crippen molar-refractivity contribution < 1.29 is 9.59 Å². The molecule has 0 aliphatic heterocycles. The van der Waals surface area contributed by atoms with Gasteiger partial charge in [-0.2, -0.15) is 0 Å². The van der Waals surface area contributed by atoms with Crippen LogP contribution in [0.15, 0.2) is 12.7 Å². The van der Waals surface area contributed by atoms with Gasteiger partial charge in [0, 0.05) is 19.0 Å². The van der Waals surface area contributed by atoms with E-state index in [9.17, 15) is 9.59 Å². The first-order valence-electron chi connectivity index (χ1n) is 4.76. The summed E-state index contributed by atoms with van der Waals surface area (Å²) >= 11 is 0. The molecule has 0 unspecified atom stereocenters. The number of carbonyl (C=O) groups excluding carboxylic acids is 2. The normalized spacial score (nSPS) is 9.64. The lowest BCUT2D eigenvalue weighted by Gasteiger charge is -2.07. The molecule has 0 heterocycles. The molecule has 4 nitrogen and oxygen atoms in total. The quantitative estimate of drug-likeness (QED) is 0.481. The highest BCUT2D eigenvalue weighted by Crippen LogP contribution is 1.89. The highest BCUT2D eigenvalue weighted by Gasteiger charge is 2.04. The number of nitrogens with one attached hydrogen (secondary N) is 2. The molecule has 80 valence electrons. The van der Waals surface area contributed by atoms with Crippen LogP contribution >= 0.6 is 0 Å². The van der Waals surface area contributed by atoms with Crippen molar-refractivity contribution in [1.82, 2.24) is 10.6 Å². The van der Waals surface area contributed by atoms with E-state index in [2.05, 4.69) is 17.2 Å². The minimum Gasteiger partial charge on any atom is -0.356 e. The molecule has 0 rings (SSSR count). The third-order valence-corrected chi connectivity index (χ3v) is 1.66. The third-order valence-electron chi connectivity index (χ3n) is 1.66. The lowest BCUT2D eigenvalue weighted by molar-refractivity contribution is -0.123. The molecule has 0 aromatic heterocycles. The molecule has 4 heteroatoms. The van der Waals surface area contributed by atoms with Gasteiger partial charge in [-0.15, -0.1) is 0 Å². The molecule has 0 fully saturated rings. The number of carbonyl (C=O) groups is 2. The van der Waals surface area contributed by atoms with Crippen molar-refractivity contribution in [2.75, 3.05) is 13.1 Å². The molecule has 0 aliphatic carbocycles. The molecular formula is C10H18N2O2. The molecule has 0 saturated carbocycles. The summed E-state index contributed by atoms with van der Waals surface area (Å²) in [7, 11) is 0. The molecule has 14 heavy (non-hydrogen) atoms. The second kappa shape index (κ2) is 7.12. The van der Waals surface area contributed by atoms with Crippen molar-refractivity contribution in [1.29, 1.82) is 0 Å². The first-order valence-corrected chi connectivity index (χ1v) is 4.76. The maximum absolute atomic E-state index is 11.1. The Bertz CT molecular complexity index is 212. The van der Waals surface area contributed by atoms with Crippen molar-refractivity contribution in [2.45, 2.75) is 20.3 Å². The maximum Gasteiger partial charge on any atom is 0.243 e. The molecule has 2 N–H and O–H groups in total. The van der Waals surface area contributed by atoms with Gasteiger partial charge in [0.15, 0.2) is 0 Å². The molecular weight excluding hydrogens is 180 g/mol. The van der Waals surface area contributed by atoms with Crippen molar-refractivity contribution in [3.63, 3.8) is 0 Å². The lowest BCUT2D eigenvalue weighted by atomic mass is 10.2. The van der Waals surface area contributed by atoms with Crippen molar-refractivity contribution in [3.05, 3.63) is 12.7 Å². The maximum atomic E-state index is 11.1. The fourth-order valence-electron chi connectivity index (χ4n) is 0.788. The van der Waals surface area contributed by atoms with Crippen LogP contribution in [0.3, 0.4) is 0 Å². The average Bonchev–Trinajstić information content (AvgIpc) is 2.16. The molecule has 0 aromatic carbocycles. The summed E-state index contributed by atoms with van der Waals surface area (Å²) in [5.74, 6) is -0.127. The van der Waals surface area contributed by atoms with E-state index >= 15 is 0 Å². The number of rotatable bonds is 6. The van der Waals surface area contributed by atoms with Crippen LogP contribution < -0.4 is 10.6 Å². The first kappa shape index (κ1) is 12.7. The van der Waals surface area contributed by atoms with Gasteiger partial charge in [0.1, 0.15) is 0 Å². The van der Waals surface area contributed by atoms with Gasteiger partial charge in [-0.25, -0.2) is 0 Å². The SMILES string of the molecule is C=CC(=O)NCCCNC(=O)C(C)C. The molecule has 0 saturated heterocycles. The summed E-state index contributed by atoms with van der Waals surface area (Å²) in [6, 6.07) is 0. The van der Waals surface area contributed by atoms with Crippen LogP contribution in [0.1, 0.15) is 20.3 Å². The molecule has 0 atom stereocenters. The largest absolute Gasteiger partial charge is 0.356 e. The summed E-state index contributed by atoms with van der Waals surface area (Å²) in [5, 5.41) is 5.38. The Labute approximate surface area is 84.8 Å². The first-order chi connectivity index (χ1) is 6.57. The van der Waals surface area contributed by atoms with Crippen molar-refractivity contribution in [3.8, 4) is 0 Å². The Kier molecular flexibility index (Phi) is 6.45. The summed E-state index contributed by atoms with van der Waals surface area (Å²) in [6.07, 6.45) is 1.96. The van der Waals surface area contributed by atoms with E-state index < -0.39 is 0 Å². The van der Waals surface area contributed by atoms with Crippen LogP contribution in [-0.2, 0) is 9.59 Å². The molecule has 0 aliphatic rings. The summed E-state index contributed by atoms with van der Waals surface area (Å²) in [6.45, 7) is 8.16. The number of hydrogen-bond donors (Lipinski definition) is 2. The van der Waals surface area contributed by atoms with Crippen LogP contribution in [0.5, 0.6) is 0 Å². The molecule has 0 spiro atoms. The predicted molar refractivity (Wildman–Crippen MR) is 55.7 cm³/mol. The van der Waals surface area contributed by atoms with Crippen LogP contribution in [0, 0.1) is 5.92 Å². The minimum atomic E-state index is -0.180. The molecule has 2 amide bonds. The Morgan fingerprint density at radius 2 is 1.86 bits per heavy atom. The van der Waals surface area contributed by atoms with Gasteiger partial charge in [-0.05, 0) is 12.5 Å². The van der Waals surface area contributed by atoms with Crippen LogP contribution in [0.25, 0.3) is 0 Å². The fourth-order valence-corrected chi connectivity index (χ4v) is 0.788. The summed E-state index contributed by atoms with van der Waals surface area (Å²) in [5.41, 5.74) is 0. The molecule has 0 radical (unpaired) electrons. The second-order valence-corrected chi connectivity index (χ2v) is 3.29. The van der Waals surface area contributed by atoms with Crippen LogP contribution in [-0.4, -0.2) is 24.9 Å². The van der Waals surface area contributed by atoms with E-state index in [4.69, 9.17) is 0 Å². The zero-order valence-corrected chi connectivity index (χ0v) is 8.80. The Hall–Kier alpha value is -1.32. The number of amides is 2. The molecule has 0 aromatic rings. The van der Waals surface area contributed by atoms with E-state index in [1.807, 2.05) is 13.8 Å². The Morgan fingerprint density at radius 1 is 1.29 bits per heavy atom. The minimum absolute atomic E-state index is 0.0118. The number of hydrogen-bond acceptors (Lipinski definition) is 2. The zero-order chi connectivity index (χ0) is 11.0. The topological polar surface area (TPSA) is 58.2 Å².